The van der Waals surface area contributed by atoms with Gasteiger partial charge in [-0.15, -0.1) is 12.6 Å². The molecule has 0 saturated heterocycles. The largest absolute Gasteiger partial charge is 0.449 e. The highest BCUT2D eigenvalue weighted by molar-refractivity contribution is 7.96. The van der Waals surface area contributed by atoms with Gasteiger partial charge in [-0.1, -0.05) is 26.3 Å². The maximum Gasteiger partial charge on any atom is 0.309 e. The molecular formula is C32H37FN2O4S. The summed E-state index contributed by atoms with van der Waals surface area (Å²) in [4.78, 5) is 26.1. The van der Waals surface area contributed by atoms with Crippen LogP contribution >= 0.6 is 12.6 Å². The van der Waals surface area contributed by atoms with Gasteiger partial charge >= 0.3 is 5.97 Å². The lowest BCUT2D eigenvalue weighted by Gasteiger charge is -2.65. The number of aliphatic hydroxyl groups excluding tert-OH is 1. The number of aliphatic hydroxyl groups is 1. The first-order chi connectivity index (χ1) is 18.9. The smallest absolute Gasteiger partial charge is 0.309 e. The van der Waals surface area contributed by atoms with Crippen LogP contribution in [0.4, 0.5) is 4.39 Å². The van der Waals surface area contributed by atoms with Crippen molar-refractivity contribution in [2.45, 2.75) is 83.8 Å². The van der Waals surface area contributed by atoms with Gasteiger partial charge in [0, 0.05) is 5.41 Å². The Kier molecular flexibility index (Phi) is 5.65. The highest BCUT2D eigenvalue weighted by Gasteiger charge is 2.73. The van der Waals surface area contributed by atoms with Gasteiger partial charge in [0.2, 0.25) is 5.12 Å². The van der Waals surface area contributed by atoms with Crippen molar-refractivity contribution in [2.24, 2.45) is 34.0 Å². The normalized spacial score (nSPS) is 39.9. The van der Waals surface area contributed by atoms with Crippen LogP contribution in [0.5, 0.6) is 0 Å². The van der Waals surface area contributed by atoms with Crippen LogP contribution in [0.3, 0.4) is 0 Å². The third-order valence-electron chi connectivity index (χ3n) is 11.7. The van der Waals surface area contributed by atoms with Crippen molar-refractivity contribution in [3.05, 3.63) is 53.1 Å². The number of allylic oxidation sites excluding steroid dienone is 1. The van der Waals surface area contributed by atoms with E-state index in [2.05, 4.69) is 44.6 Å². The van der Waals surface area contributed by atoms with E-state index < -0.39 is 17.1 Å². The summed E-state index contributed by atoms with van der Waals surface area (Å²) in [6.07, 6.45) is 9.22. The first-order valence-electron chi connectivity index (χ1n) is 14.6. The van der Waals surface area contributed by atoms with Gasteiger partial charge in [-0.05, 0) is 110 Å². The van der Waals surface area contributed by atoms with E-state index in [1.54, 1.807) is 12.1 Å². The van der Waals surface area contributed by atoms with Crippen LogP contribution < -0.4 is 0 Å². The lowest BCUT2D eigenvalue weighted by Crippen LogP contribution is -2.65. The molecule has 7 atom stereocenters. The highest BCUT2D eigenvalue weighted by atomic mass is 32.1. The molecule has 5 aliphatic carbocycles. The minimum atomic E-state index is -1.30. The monoisotopic (exact) mass is 564 g/mol. The summed E-state index contributed by atoms with van der Waals surface area (Å²) in [6.45, 7) is 6.64. The molecule has 5 aliphatic rings. The highest BCUT2D eigenvalue weighted by Crippen LogP contribution is 2.73. The molecule has 4 fully saturated rings. The molecule has 0 amide bonds. The Labute approximate surface area is 239 Å². The predicted octanol–water partition coefficient (Wildman–Crippen LogP) is 5.70. The molecule has 1 aromatic carbocycles. The molecule has 0 bridgehead atoms. The molecule has 1 aromatic heterocycles. The molecule has 2 aromatic rings. The van der Waals surface area contributed by atoms with Crippen molar-refractivity contribution in [1.82, 2.24) is 9.78 Å². The molecule has 212 valence electrons. The molecule has 6 nitrogen and oxygen atoms in total. The predicted molar refractivity (Wildman–Crippen MR) is 151 cm³/mol. The molecule has 0 spiro atoms. The zero-order valence-electron chi connectivity index (χ0n) is 23.3. The van der Waals surface area contributed by atoms with Crippen LogP contribution in [0.25, 0.3) is 11.8 Å². The van der Waals surface area contributed by atoms with Crippen LogP contribution in [0.1, 0.15) is 77.0 Å². The van der Waals surface area contributed by atoms with Gasteiger partial charge in [-0.25, -0.2) is 9.07 Å². The van der Waals surface area contributed by atoms with E-state index in [4.69, 9.17) is 4.74 Å². The van der Waals surface area contributed by atoms with Crippen molar-refractivity contribution in [2.75, 3.05) is 0 Å². The first-order valence-corrected chi connectivity index (χ1v) is 15.1. The van der Waals surface area contributed by atoms with E-state index >= 15 is 0 Å². The van der Waals surface area contributed by atoms with Gasteiger partial charge in [0.15, 0.2) is 5.60 Å². The maximum atomic E-state index is 13.6. The average Bonchev–Trinajstić information content (AvgIpc) is 3.60. The number of ether oxygens (including phenoxy) is 1. The summed E-state index contributed by atoms with van der Waals surface area (Å²) in [7, 11) is 0. The summed E-state index contributed by atoms with van der Waals surface area (Å²) < 4.78 is 21.6. The number of rotatable bonds is 4. The topological polar surface area (TPSA) is 81.4 Å². The van der Waals surface area contributed by atoms with E-state index in [1.807, 2.05) is 10.9 Å². The van der Waals surface area contributed by atoms with Crippen LogP contribution in [-0.2, 0) is 20.7 Å². The van der Waals surface area contributed by atoms with Crippen LogP contribution in [0.2, 0.25) is 0 Å². The average molecular weight is 565 g/mol. The van der Waals surface area contributed by atoms with Gasteiger partial charge in [-0.3, -0.25) is 9.59 Å². The number of esters is 1. The van der Waals surface area contributed by atoms with Crippen LogP contribution in [-0.4, -0.2) is 37.7 Å². The number of carbonyl (C=O) groups excluding carboxylic acids is 2. The molecule has 1 heterocycles. The van der Waals surface area contributed by atoms with Crippen molar-refractivity contribution in [3.8, 4) is 5.69 Å². The quantitative estimate of drug-likeness (QED) is 0.368. The van der Waals surface area contributed by atoms with E-state index in [9.17, 15) is 19.1 Å². The Morgan fingerprint density at radius 3 is 2.52 bits per heavy atom. The second-order valence-electron chi connectivity index (χ2n) is 13.8. The van der Waals surface area contributed by atoms with Gasteiger partial charge in [0.1, 0.15) is 5.82 Å². The first kappa shape index (κ1) is 26.4. The van der Waals surface area contributed by atoms with E-state index in [-0.39, 0.29) is 45.5 Å². The number of hydrogen-bond donors (Lipinski definition) is 2. The Morgan fingerprint density at radius 2 is 1.85 bits per heavy atom. The molecule has 4 saturated carbocycles. The summed E-state index contributed by atoms with van der Waals surface area (Å²) >= 11 is 4.31. The Hall–Kier alpha value is -2.45. The number of hydrogen-bond acceptors (Lipinski definition) is 5. The maximum absolute atomic E-state index is 13.6. The number of thiol groups is 1. The molecule has 1 N–H and O–H groups in total. The number of aromatic nitrogens is 2. The standard InChI is InChI=1S/C32H37FN2O4S/c1-29-12-10-20-14-23-19(17-34-35(23)22-8-6-21(33)7-9-22)15-30(20,2)26(29)24(36)16-31(3)25(29)11-13-32(31,28(38)40)39-27(37)18-4-5-18/h6-9,14,17-18,24-26,36H,4-5,10-13,15-16H2,1-3H3,(H,38,40)/t24-,25-,26-,29-,30-,31-,32-/m0/s1. The van der Waals surface area contributed by atoms with Gasteiger partial charge in [0.05, 0.1) is 29.6 Å². The zero-order chi connectivity index (χ0) is 28.2. The van der Waals surface area contributed by atoms with Crippen LogP contribution in [0.15, 0.2) is 36.0 Å². The Bertz CT molecular complexity index is 1450. The number of fused-ring (bicyclic) bond motifs is 6. The second kappa shape index (κ2) is 8.54. The number of benzene rings is 1. The fourth-order valence-corrected chi connectivity index (χ4v) is 10.2. The Morgan fingerprint density at radius 1 is 1.12 bits per heavy atom. The second-order valence-corrected chi connectivity index (χ2v) is 14.2. The molecule has 0 aliphatic heterocycles. The fourth-order valence-electron chi connectivity index (χ4n) is 9.81. The SMILES string of the molecule is C[C@@]12CCC3=Cc4c(cnn4-c4ccc(F)cc4)C[C@]3(C)[C@H]1[C@@H](O)C[C@@]1(C)[C@H]2CC[C@]1(OC(=O)C1CC1)C(=O)S. The molecule has 40 heavy (non-hydrogen) atoms. The molecule has 8 heteroatoms. The number of carbonyl (C=O) groups is 2. The fraction of sp³-hybridized carbons (Fsp3) is 0.594. The Balaban J connectivity index is 1.26. The van der Waals surface area contributed by atoms with Gasteiger partial charge in [0.25, 0.3) is 0 Å². The summed E-state index contributed by atoms with van der Waals surface area (Å²) in [6, 6.07) is 6.38. The van der Waals surface area contributed by atoms with E-state index in [0.29, 0.717) is 12.8 Å². The third kappa shape index (κ3) is 3.41. The lowest BCUT2D eigenvalue weighted by molar-refractivity contribution is -0.214. The van der Waals surface area contributed by atoms with Crippen molar-refractivity contribution in [3.63, 3.8) is 0 Å². The summed E-state index contributed by atoms with van der Waals surface area (Å²) in [5.74, 6) is -0.593. The van der Waals surface area contributed by atoms with Crippen molar-refractivity contribution < 1.29 is 23.8 Å². The van der Waals surface area contributed by atoms with Crippen molar-refractivity contribution in [1.29, 1.82) is 0 Å². The summed E-state index contributed by atoms with van der Waals surface area (Å²) in [5, 5.41) is 16.3. The van der Waals surface area contributed by atoms with E-state index in [0.717, 1.165) is 55.5 Å². The minimum Gasteiger partial charge on any atom is -0.449 e. The molecule has 0 unspecified atom stereocenters. The van der Waals surface area contributed by atoms with Crippen molar-refractivity contribution >= 4 is 29.8 Å². The summed E-state index contributed by atoms with van der Waals surface area (Å²) in [5.41, 5.74) is 1.74. The van der Waals surface area contributed by atoms with Crippen LogP contribution in [0, 0.1) is 39.8 Å². The third-order valence-corrected chi connectivity index (χ3v) is 12.1. The lowest BCUT2D eigenvalue weighted by atomic mass is 9.40. The molecular weight excluding hydrogens is 527 g/mol. The zero-order valence-corrected chi connectivity index (χ0v) is 24.2. The molecule has 0 radical (unpaired) electrons. The number of halogens is 1. The minimum absolute atomic E-state index is 0.0228. The number of nitrogens with zero attached hydrogens (tertiary/aromatic N) is 2. The molecule has 7 rings (SSSR count). The van der Waals surface area contributed by atoms with Gasteiger partial charge in [-0.2, -0.15) is 5.10 Å². The van der Waals surface area contributed by atoms with E-state index in [1.165, 1.54) is 17.7 Å². The van der Waals surface area contributed by atoms with Gasteiger partial charge < -0.3 is 9.84 Å².